The van der Waals surface area contributed by atoms with Gasteiger partial charge in [0.15, 0.2) is 5.65 Å². The summed E-state index contributed by atoms with van der Waals surface area (Å²) in [5, 5.41) is 7.76. The average Bonchev–Trinajstić information content (AvgIpc) is 3.16. The Kier molecular flexibility index (Phi) is 4.56. The van der Waals surface area contributed by atoms with Gasteiger partial charge in [0, 0.05) is 6.20 Å². The van der Waals surface area contributed by atoms with Crippen molar-refractivity contribution in [1.29, 1.82) is 0 Å². The number of benzene rings is 2. The van der Waals surface area contributed by atoms with E-state index in [2.05, 4.69) is 10.2 Å². The number of hydrogen-bond acceptors (Lipinski definition) is 4. The van der Waals surface area contributed by atoms with Gasteiger partial charge in [0.05, 0.1) is 12.2 Å². The number of aromatic nitrogens is 3. The van der Waals surface area contributed by atoms with Crippen LogP contribution in [0.2, 0.25) is 0 Å². The molecule has 2 heterocycles. The molecule has 2 aromatic heterocycles. The number of fused-ring (bicyclic) bond motifs is 1. The molecule has 0 bridgehead atoms. The second-order valence-corrected chi connectivity index (χ2v) is 8.24. The molecule has 28 heavy (non-hydrogen) atoms. The molecule has 8 heteroatoms. The van der Waals surface area contributed by atoms with Gasteiger partial charge in [-0.2, -0.15) is 0 Å². The lowest BCUT2D eigenvalue weighted by Crippen LogP contribution is -2.31. The summed E-state index contributed by atoms with van der Waals surface area (Å²) in [6, 6.07) is 16.1. The van der Waals surface area contributed by atoms with E-state index in [4.69, 9.17) is 0 Å². The second-order valence-electron chi connectivity index (χ2n) is 6.41. The zero-order valence-corrected chi connectivity index (χ0v) is 15.8. The Labute approximate surface area is 161 Å². The Morgan fingerprint density at radius 3 is 2.61 bits per heavy atom. The fourth-order valence-electron chi connectivity index (χ4n) is 3.00. The Bertz CT molecular complexity index is 1240. The predicted molar refractivity (Wildman–Crippen MR) is 104 cm³/mol. The van der Waals surface area contributed by atoms with Crippen LogP contribution in [0.5, 0.6) is 0 Å². The lowest BCUT2D eigenvalue weighted by molar-refractivity contribution is 0.590. The van der Waals surface area contributed by atoms with Gasteiger partial charge in [0.1, 0.15) is 17.0 Å². The van der Waals surface area contributed by atoms with Gasteiger partial charge in [0.2, 0.25) is 0 Å². The quantitative estimate of drug-likeness (QED) is 0.517. The summed E-state index contributed by atoms with van der Waals surface area (Å²) in [6.45, 7) is 1.95. The minimum Gasteiger partial charge on any atom is -0.288 e. The van der Waals surface area contributed by atoms with Gasteiger partial charge in [-0.1, -0.05) is 24.3 Å². The van der Waals surface area contributed by atoms with E-state index in [1.807, 2.05) is 13.0 Å². The standard InChI is InChI=1S/C20H17FN4O2S/c1-15-4-2-5-18(12-15)25(13-16-7-9-17(21)10-8-16)28(26,27)19-6-3-11-24-14-22-23-20(19)24/h2-12,14H,13H2,1H3. The molecule has 0 spiro atoms. The molecule has 0 unspecified atom stereocenters. The number of halogens is 1. The van der Waals surface area contributed by atoms with Crippen LogP contribution < -0.4 is 4.31 Å². The largest absolute Gasteiger partial charge is 0.288 e. The zero-order valence-electron chi connectivity index (χ0n) is 15.0. The minimum absolute atomic E-state index is 0.0520. The molecule has 0 aliphatic carbocycles. The fourth-order valence-corrected chi connectivity index (χ4v) is 4.57. The highest BCUT2D eigenvalue weighted by Gasteiger charge is 2.28. The molecule has 4 rings (SSSR count). The van der Waals surface area contributed by atoms with E-state index in [1.54, 1.807) is 47.0 Å². The molecule has 6 nitrogen and oxygen atoms in total. The predicted octanol–water partition coefficient (Wildman–Crippen LogP) is 3.57. The molecule has 0 saturated heterocycles. The van der Waals surface area contributed by atoms with Crippen LogP contribution in [0.3, 0.4) is 0 Å². The van der Waals surface area contributed by atoms with Crippen molar-refractivity contribution in [2.75, 3.05) is 4.31 Å². The van der Waals surface area contributed by atoms with Gasteiger partial charge in [-0.15, -0.1) is 10.2 Å². The first-order valence-electron chi connectivity index (χ1n) is 8.57. The van der Waals surface area contributed by atoms with Crippen molar-refractivity contribution in [1.82, 2.24) is 14.6 Å². The highest BCUT2D eigenvalue weighted by atomic mass is 32.2. The molecule has 2 aromatic carbocycles. The lowest BCUT2D eigenvalue weighted by Gasteiger charge is -2.25. The summed E-state index contributed by atoms with van der Waals surface area (Å²) in [5.74, 6) is -0.373. The van der Waals surface area contributed by atoms with Crippen molar-refractivity contribution < 1.29 is 12.8 Å². The van der Waals surface area contributed by atoms with Gasteiger partial charge in [-0.25, -0.2) is 12.8 Å². The van der Waals surface area contributed by atoms with Crippen molar-refractivity contribution in [2.45, 2.75) is 18.4 Å². The molecular formula is C20H17FN4O2S. The van der Waals surface area contributed by atoms with E-state index in [-0.39, 0.29) is 22.9 Å². The van der Waals surface area contributed by atoms with Gasteiger partial charge in [-0.05, 0) is 54.4 Å². The highest BCUT2D eigenvalue weighted by molar-refractivity contribution is 7.93. The lowest BCUT2D eigenvalue weighted by atomic mass is 10.2. The summed E-state index contributed by atoms with van der Waals surface area (Å²) < 4.78 is 43.3. The SMILES string of the molecule is Cc1cccc(N(Cc2ccc(F)cc2)S(=O)(=O)c2cccn3cnnc23)c1. The Balaban J connectivity index is 1.86. The first-order chi connectivity index (χ1) is 13.4. The Hall–Kier alpha value is -3.26. The monoisotopic (exact) mass is 396 g/mol. The van der Waals surface area contributed by atoms with Crippen LogP contribution >= 0.6 is 0 Å². The maximum Gasteiger partial charge on any atom is 0.268 e. The molecule has 142 valence electrons. The maximum absolute atomic E-state index is 13.6. The minimum atomic E-state index is -3.96. The third-order valence-electron chi connectivity index (χ3n) is 4.38. The summed E-state index contributed by atoms with van der Waals surface area (Å²) in [5.41, 5.74) is 2.36. The topological polar surface area (TPSA) is 67.6 Å². The zero-order chi connectivity index (χ0) is 19.7. The number of hydrogen-bond donors (Lipinski definition) is 0. The third-order valence-corrected chi connectivity index (χ3v) is 6.18. The molecule has 0 amide bonds. The van der Waals surface area contributed by atoms with Crippen molar-refractivity contribution in [3.8, 4) is 0 Å². The molecule has 0 N–H and O–H groups in total. The molecule has 0 aliphatic rings. The number of sulfonamides is 1. The van der Waals surface area contributed by atoms with Crippen LogP contribution in [0.25, 0.3) is 5.65 Å². The highest BCUT2D eigenvalue weighted by Crippen LogP contribution is 2.28. The molecule has 4 aromatic rings. The fraction of sp³-hybridized carbons (Fsp3) is 0.100. The first-order valence-corrected chi connectivity index (χ1v) is 10.0. The van der Waals surface area contributed by atoms with E-state index in [0.717, 1.165) is 5.56 Å². The molecule has 0 radical (unpaired) electrons. The molecule has 0 fully saturated rings. The van der Waals surface area contributed by atoms with E-state index < -0.39 is 10.0 Å². The van der Waals surface area contributed by atoms with Crippen LogP contribution in [0.15, 0.2) is 78.1 Å². The van der Waals surface area contributed by atoms with E-state index in [0.29, 0.717) is 11.3 Å². The van der Waals surface area contributed by atoms with Gasteiger partial charge >= 0.3 is 0 Å². The van der Waals surface area contributed by atoms with Crippen LogP contribution in [0.4, 0.5) is 10.1 Å². The Morgan fingerprint density at radius 1 is 1.07 bits per heavy atom. The van der Waals surface area contributed by atoms with Gasteiger partial charge in [-0.3, -0.25) is 8.71 Å². The first kappa shape index (κ1) is 18.1. The van der Waals surface area contributed by atoms with Crippen LogP contribution in [-0.4, -0.2) is 23.0 Å². The van der Waals surface area contributed by atoms with Gasteiger partial charge < -0.3 is 0 Å². The van der Waals surface area contributed by atoms with Gasteiger partial charge in [0.25, 0.3) is 10.0 Å². The third kappa shape index (κ3) is 3.34. The number of anilines is 1. The average molecular weight is 396 g/mol. The van der Waals surface area contributed by atoms with Crippen LogP contribution in [0, 0.1) is 12.7 Å². The molecule has 0 aliphatic heterocycles. The van der Waals surface area contributed by atoms with Crippen molar-refractivity contribution in [2.24, 2.45) is 0 Å². The Morgan fingerprint density at radius 2 is 1.86 bits per heavy atom. The van der Waals surface area contributed by atoms with Crippen molar-refractivity contribution in [3.05, 3.63) is 90.1 Å². The van der Waals surface area contributed by atoms with Crippen LogP contribution in [-0.2, 0) is 16.6 Å². The summed E-state index contributed by atoms with van der Waals surface area (Å²) in [7, 11) is -3.96. The second kappa shape index (κ2) is 7.05. The number of rotatable bonds is 5. The molecular weight excluding hydrogens is 379 g/mol. The van der Waals surface area contributed by atoms with Crippen molar-refractivity contribution >= 4 is 21.4 Å². The number of pyridine rings is 1. The summed E-state index contributed by atoms with van der Waals surface area (Å²) in [4.78, 5) is 0.0520. The van der Waals surface area contributed by atoms with Crippen molar-refractivity contribution in [3.63, 3.8) is 0 Å². The van der Waals surface area contributed by atoms with Crippen LogP contribution in [0.1, 0.15) is 11.1 Å². The maximum atomic E-state index is 13.6. The normalized spacial score (nSPS) is 11.6. The van der Waals surface area contributed by atoms with E-state index in [1.165, 1.54) is 28.8 Å². The number of aryl methyl sites for hydroxylation is 1. The smallest absolute Gasteiger partial charge is 0.268 e. The summed E-state index contributed by atoms with van der Waals surface area (Å²) >= 11 is 0. The summed E-state index contributed by atoms with van der Waals surface area (Å²) in [6.07, 6.45) is 3.14. The van der Waals surface area contributed by atoms with E-state index in [9.17, 15) is 12.8 Å². The molecule has 0 atom stereocenters. The number of nitrogens with zero attached hydrogens (tertiary/aromatic N) is 4. The molecule has 0 saturated carbocycles. The van der Waals surface area contributed by atoms with E-state index >= 15 is 0 Å².